The zero-order chi connectivity index (χ0) is 65.2. The summed E-state index contributed by atoms with van der Waals surface area (Å²) in [6.07, 6.45) is 6.38. The van der Waals surface area contributed by atoms with Crippen LogP contribution in [-0.4, -0.2) is 6.71 Å². The molecule has 3 aliphatic carbocycles. The van der Waals surface area contributed by atoms with Gasteiger partial charge >= 0.3 is 0 Å². The normalized spacial score (nSPS) is 20.2. The first-order valence-corrected chi connectivity index (χ1v) is 31.9. The van der Waals surface area contributed by atoms with Gasteiger partial charge in [-0.15, -0.1) is 0 Å². The minimum Gasteiger partial charge on any atom is -0.468 e. The minimum absolute atomic E-state index is 0.0351. The van der Waals surface area contributed by atoms with Crippen molar-refractivity contribution in [3.05, 3.63) is 177 Å². The van der Waals surface area contributed by atoms with Gasteiger partial charge in [-0.25, -0.2) is 0 Å². The molecular weight excluding hydrogens is 1030 g/mol. The molecule has 0 radical (unpaired) electrons. The van der Waals surface area contributed by atoms with E-state index in [-0.39, 0.29) is 85.3 Å². The highest BCUT2D eigenvalue weighted by Gasteiger charge is 2.51. The van der Waals surface area contributed by atoms with Crippen molar-refractivity contribution in [1.82, 2.24) is 0 Å². The van der Waals surface area contributed by atoms with E-state index in [4.69, 9.17) is 5.79 Å². The molecule has 1 aromatic heterocycles. The average Bonchev–Trinajstić information content (AvgIpc) is 1.23. The number of hydrogen-bond donors (Lipinski definition) is 0. The molecule has 2 aliphatic heterocycles. The third kappa shape index (κ3) is 9.18. The summed E-state index contributed by atoms with van der Waals surface area (Å²) < 4.78 is 55.3. The maximum absolute atomic E-state index is 9.92. The van der Waals surface area contributed by atoms with Gasteiger partial charge in [0.1, 0.15) is 5.58 Å². The standard InChI is InChI=1S/C80H96BN3O/c1-72(2,3)49-27-29-53(30-28-49)82(52-25-23-22-24-26-52)56-43-66-69-67(44-56)84(54-31-32-58-59(42-54)76(12,13)34-33-75(58,10)11)70-57-45-60-63(80(20,21)38-35-77(60,14)15)48-68(57)85-71(70)81(69)64-46-61-62(79(18,19)37-36-78(61,16)17)47-65(64)83(66)55-40-50(73(4,5)6)39-51(41-55)74(7,8)9/h22-32,39-48H,33-38H2,1-21H3/i22D,23D,24D,25D,26D. The molecule has 0 fully saturated rings. The molecule has 7 aromatic carbocycles. The second kappa shape index (κ2) is 18.5. The SMILES string of the molecule is [2H]c1c([2H])c([2H])c(N(c2ccc(C(C)(C)C)cc2)c2cc3c4c(c2)N(c2ccc5c(c2)C(C)(C)CCC5(C)C)c2c(oc5cc6c(cc25)C(C)(C)CCC6(C)C)B4c2cc4c(cc2N3c2cc(C(C)(C)C)cc(C(C)(C)C)c2)C(C)(C)CCC4(C)C)c([2H])c1[2H]. The Labute approximate surface area is 518 Å². The molecule has 0 amide bonds. The lowest BCUT2D eigenvalue weighted by Gasteiger charge is -2.47. The number of hydrogen-bond acceptors (Lipinski definition) is 4. The van der Waals surface area contributed by atoms with E-state index in [0.29, 0.717) is 11.4 Å². The van der Waals surface area contributed by atoms with Gasteiger partial charge in [0.2, 0.25) is 0 Å². The summed E-state index contributed by atoms with van der Waals surface area (Å²) in [5, 5.41) is 1.07. The van der Waals surface area contributed by atoms with E-state index in [9.17, 15) is 5.48 Å². The second-order valence-corrected chi connectivity index (χ2v) is 33.6. The van der Waals surface area contributed by atoms with Crippen molar-refractivity contribution < 1.29 is 11.3 Å². The zero-order valence-corrected chi connectivity index (χ0v) is 55.3. The molecule has 0 saturated carbocycles. The molecular formula is C80H96BN3O. The number of para-hydroxylation sites is 1. The lowest BCUT2D eigenvalue weighted by atomic mass is 9.35. The van der Waals surface area contributed by atoms with Crippen LogP contribution in [0.2, 0.25) is 0 Å². The van der Waals surface area contributed by atoms with Crippen molar-refractivity contribution in [1.29, 1.82) is 0 Å². The van der Waals surface area contributed by atoms with Gasteiger partial charge in [0.15, 0.2) is 0 Å². The Bertz CT molecular complexity index is 4290. The predicted molar refractivity (Wildman–Crippen MR) is 367 cm³/mol. The maximum atomic E-state index is 9.92. The first-order valence-electron chi connectivity index (χ1n) is 34.4. The van der Waals surface area contributed by atoms with Crippen molar-refractivity contribution in [2.24, 2.45) is 0 Å². The van der Waals surface area contributed by atoms with Gasteiger partial charge in [-0.2, -0.15) is 0 Å². The van der Waals surface area contributed by atoms with E-state index in [1.807, 2.05) is 4.90 Å². The fourth-order valence-corrected chi connectivity index (χ4v) is 15.5. The maximum Gasteiger partial charge on any atom is 0.297 e. The molecule has 0 unspecified atom stereocenters. The van der Waals surface area contributed by atoms with E-state index in [1.54, 1.807) is 0 Å². The van der Waals surface area contributed by atoms with E-state index >= 15 is 0 Å². The van der Waals surface area contributed by atoms with Gasteiger partial charge < -0.3 is 19.1 Å². The third-order valence-electron chi connectivity index (χ3n) is 21.6. The number of anilines is 9. The van der Waals surface area contributed by atoms with Crippen molar-refractivity contribution >= 4 is 85.5 Å². The first kappa shape index (κ1) is 51.7. The summed E-state index contributed by atoms with van der Waals surface area (Å²) in [4.78, 5) is 7.03. The lowest BCUT2D eigenvalue weighted by molar-refractivity contribution is 0.332. The largest absolute Gasteiger partial charge is 0.468 e. The number of furan rings is 1. The highest BCUT2D eigenvalue weighted by Crippen LogP contribution is 2.57. The number of nitrogens with zero attached hydrogens (tertiary/aromatic N) is 3. The summed E-state index contributed by atoms with van der Waals surface area (Å²) in [6.45, 7) is 49.1. The van der Waals surface area contributed by atoms with Crippen LogP contribution < -0.4 is 31.3 Å². The number of benzene rings is 7. The highest BCUT2D eigenvalue weighted by atomic mass is 16.3. The molecule has 8 aromatic rings. The van der Waals surface area contributed by atoms with Crippen LogP contribution in [0.4, 0.5) is 51.2 Å². The van der Waals surface area contributed by atoms with Crippen LogP contribution in [0.5, 0.6) is 0 Å². The Morgan fingerprint density at radius 1 is 0.424 bits per heavy atom. The summed E-state index contributed by atoms with van der Waals surface area (Å²) in [6, 6.07) is 35.7. The molecule has 0 atom stereocenters. The van der Waals surface area contributed by atoms with Crippen LogP contribution in [0.3, 0.4) is 0 Å². The Kier molecular flexibility index (Phi) is 11.3. The van der Waals surface area contributed by atoms with Gasteiger partial charge in [0, 0.05) is 45.2 Å². The fourth-order valence-electron chi connectivity index (χ4n) is 15.5. The molecule has 0 saturated heterocycles. The van der Waals surface area contributed by atoms with Crippen LogP contribution in [0.25, 0.3) is 11.0 Å². The predicted octanol–water partition coefficient (Wildman–Crippen LogP) is 20.9. The summed E-state index contributed by atoms with van der Waals surface area (Å²) >= 11 is 0. The van der Waals surface area contributed by atoms with E-state index in [0.717, 1.165) is 100 Å². The summed E-state index contributed by atoms with van der Waals surface area (Å²) in [7, 11) is 0. The van der Waals surface area contributed by atoms with Crippen LogP contribution >= 0.6 is 0 Å². The molecule has 5 aliphatic rings. The topological polar surface area (TPSA) is 22.9 Å². The van der Waals surface area contributed by atoms with Gasteiger partial charge in [-0.05, 0) is 227 Å². The molecule has 85 heavy (non-hydrogen) atoms. The van der Waals surface area contributed by atoms with Crippen molar-refractivity contribution in [3.8, 4) is 0 Å². The van der Waals surface area contributed by atoms with Crippen molar-refractivity contribution in [2.45, 2.75) is 233 Å². The van der Waals surface area contributed by atoms with E-state index in [1.165, 1.54) is 50.0 Å². The van der Waals surface area contributed by atoms with Crippen molar-refractivity contribution in [2.75, 3.05) is 14.7 Å². The van der Waals surface area contributed by atoms with Crippen molar-refractivity contribution in [3.63, 3.8) is 0 Å². The molecule has 0 N–H and O–H groups in total. The van der Waals surface area contributed by atoms with Crippen LogP contribution in [0.15, 0.2) is 132 Å². The van der Waals surface area contributed by atoms with Crippen LogP contribution in [0.1, 0.15) is 241 Å². The van der Waals surface area contributed by atoms with Gasteiger partial charge in [-0.1, -0.05) is 194 Å². The summed E-state index contributed by atoms with van der Waals surface area (Å²) in [5.74, 6) is 0. The minimum atomic E-state index is -0.427. The Balaban J connectivity index is 1.26. The lowest BCUT2D eigenvalue weighted by Crippen LogP contribution is -2.61. The molecule has 13 rings (SSSR count). The number of rotatable bonds is 5. The Morgan fingerprint density at radius 2 is 0.894 bits per heavy atom. The van der Waals surface area contributed by atoms with E-state index in [2.05, 4.69) is 252 Å². The van der Waals surface area contributed by atoms with Gasteiger partial charge in [-0.3, -0.25) is 0 Å². The summed E-state index contributed by atoms with van der Waals surface area (Å²) in [5.41, 5.74) is 22.1. The molecule has 440 valence electrons. The number of fused-ring (bicyclic) bond motifs is 9. The fraction of sp³-hybridized carbons (Fsp3) is 0.450. The van der Waals surface area contributed by atoms with Crippen LogP contribution in [0, 0.1) is 0 Å². The smallest absolute Gasteiger partial charge is 0.297 e. The molecule has 3 heterocycles. The van der Waals surface area contributed by atoms with Gasteiger partial charge in [0.25, 0.3) is 6.71 Å². The second-order valence-electron chi connectivity index (χ2n) is 33.6. The molecule has 4 nitrogen and oxygen atoms in total. The molecule has 5 heteroatoms. The quantitative estimate of drug-likeness (QED) is 0.160. The first-order chi connectivity index (χ1) is 41.5. The molecule has 0 spiro atoms. The average molecular weight is 1130 g/mol. The van der Waals surface area contributed by atoms with E-state index < -0.39 is 6.04 Å². The monoisotopic (exact) mass is 1130 g/mol. The van der Waals surface area contributed by atoms with Gasteiger partial charge in [0.05, 0.1) is 23.9 Å². The Morgan fingerprint density at radius 3 is 1.42 bits per heavy atom. The van der Waals surface area contributed by atoms with Crippen LogP contribution in [-0.2, 0) is 48.7 Å². The molecule has 0 bridgehead atoms. The highest BCUT2D eigenvalue weighted by molar-refractivity contribution is 7.00. The Hall–Kier alpha value is -6.46. The zero-order valence-electron chi connectivity index (χ0n) is 60.3. The third-order valence-corrected chi connectivity index (χ3v) is 21.6.